The molecule has 0 unspecified atom stereocenters. The lowest BCUT2D eigenvalue weighted by atomic mass is 9.99. The number of nitrogens with one attached hydrogen (secondary N) is 2. The molecule has 0 radical (unpaired) electrons. The van der Waals surface area contributed by atoms with Crippen LogP contribution in [0.2, 0.25) is 0 Å². The van der Waals surface area contributed by atoms with Crippen LogP contribution in [0.25, 0.3) is 32.6 Å². The van der Waals surface area contributed by atoms with E-state index in [1.807, 2.05) is 36.5 Å². The highest BCUT2D eigenvalue weighted by Crippen LogP contribution is 2.34. The lowest BCUT2D eigenvalue weighted by Gasteiger charge is -2.16. The molecule has 3 N–H and O–H groups in total. The van der Waals surface area contributed by atoms with Gasteiger partial charge in [-0.2, -0.15) is 5.10 Å². The molecule has 0 spiro atoms. The second-order valence-corrected chi connectivity index (χ2v) is 10.7. The van der Waals surface area contributed by atoms with Crippen LogP contribution in [0.1, 0.15) is 41.1 Å². The average Bonchev–Trinajstić information content (AvgIpc) is 3.58. The molecule has 3 heterocycles. The Bertz CT molecular complexity index is 1650. The molecule has 0 aliphatic rings. The molecular weight excluding hydrogens is 512 g/mol. The maximum Gasteiger partial charge on any atom is 0.275 e. The predicted molar refractivity (Wildman–Crippen MR) is 153 cm³/mol. The molecule has 5 aromatic rings. The minimum absolute atomic E-state index is 0.203. The van der Waals surface area contributed by atoms with Crippen molar-refractivity contribution in [2.24, 2.45) is 0 Å². The van der Waals surface area contributed by atoms with Crippen LogP contribution in [-0.2, 0) is 6.54 Å². The van der Waals surface area contributed by atoms with Crippen molar-refractivity contribution in [1.29, 1.82) is 0 Å². The van der Waals surface area contributed by atoms with Gasteiger partial charge in [-0.25, -0.2) is 4.98 Å². The zero-order chi connectivity index (χ0) is 27.6. The van der Waals surface area contributed by atoms with E-state index in [0.717, 1.165) is 32.6 Å². The fourth-order valence-corrected chi connectivity index (χ4v) is 4.94. The minimum atomic E-state index is -0.814. The van der Waals surface area contributed by atoms with Gasteiger partial charge in [-0.1, -0.05) is 12.1 Å². The van der Waals surface area contributed by atoms with E-state index in [0.29, 0.717) is 29.9 Å². The van der Waals surface area contributed by atoms with E-state index in [1.54, 1.807) is 61.5 Å². The molecule has 5 rings (SSSR count). The fraction of sp³-hybridized carbons (Fsp3) is 0.207. The number of hydrogen-bond acceptors (Lipinski definition) is 7. The first-order valence-corrected chi connectivity index (χ1v) is 13.3. The number of anilines is 1. The standard InChI is InChI=1S/C29H28N6O3S/c1-29(2,38)9-12-35-16-21-14-24(32-27(37)25-17-39-28(33-25)18-7-10-31-11-8-18)22(15-23(21)34-35)19-5-4-6-20(13-19)26(36)30-3/h4-8,10-11,13-17,38H,9,12H2,1-3H3,(H,30,36)(H,32,37). The van der Waals surface area contributed by atoms with Crippen molar-refractivity contribution >= 4 is 39.7 Å². The summed E-state index contributed by atoms with van der Waals surface area (Å²) in [6.45, 7) is 4.07. The Balaban J connectivity index is 1.52. The molecule has 0 aliphatic heterocycles. The van der Waals surface area contributed by atoms with Crippen LogP contribution in [0, 0.1) is 0 Å². The third-order valence-electron chi connectivity index (χ3n) is 6.22. The number of pyridine rings is 1. The zero-order valence-corrected chi connectivity index (χ0v) is 22.6. The van der Waals surface area contributed by atoms with E-state index in [-0.39, 0.29) is 11.8 Å². The van der Waals surface area contributed by atoms with E-state index in [2.05, 4.69) is 25.7 Å². The van der Waals surface area contributed by atoms with Gasteiger partial charge in [-0.3, -0.25) is 19.3 Å². The van der Waals surface area contributed by atoms with Crippen molar-refractivity contribution in [3.63, 3.8) is 0 Å². The Kier molecular flexibility index (Phi) is 7.23. The summed E-state index contributed by atoms with van der Waals surface area (Å²) in [5.41, 5.74) is 3.67. The monoisotopic (exact) mass is 540 g/mol. The number of rotatable bonds is 8. The van der Waals surface area contributed by atoms with Crippen molar-refractivity contribution in [2.75, 3.05) is 12.4 Å². The van der Waals surface area contributed by atoms with Crippen LogP contribution < -0.4 is 10.6 Å². The van der Waals surface area contributed by atoms with Gasteiger partial charge in [0.15, 0.2) is 0 Å². The molecular formula is C29H28N6O3S. The van der Waals surface area contributed by atoms with Gasteiger partial charge < -0.3 is 15.7 Å². The van der Waals surface area contributed by atoms with Crippen molar-refractivity contribution in [3.05, 3.63) is 83.8 Å². The van der Waals surface area contributed by atoms with Gasteiger partial charge in [0.1, 0.15) is 10.7 Å². The minimum Gasteiger partial charge on any atom is -0.390 e. The first kappa shape index (κ1) is 26.2. The molecule has 198 valence electrons. The molecule has 0 saturated carbocycles. The van der Waals surface area contributed by atoms with Gasteiger partial charge in [0.2, 0.25) is 0 Å². The summed E-state index contributed by atoms with van der Waals surface area (Å²) in [5.74, 6) is -0.547. The maximum atomic E-state index is 13.3. The molecule has 0 aliphatic carbocycles. The largest absolute Gasteiger partial charge is 0.390 e. The molecule has 0 fully saturated rings. The quantitative estimate of drug-likeness (QED) is 0.255. The normalized spacial score (nSPS) is 11.5. The number of benzene rings is 2. The third-order valence-corrected chi connectivity index (χ3v) is 7.11. The third kappa shape index (κ3) is 6.02. The van der Waals surface area contributed by atoms with Crippen LogP contribution in [0.15, 0.2) is 72.5 Å². The number of amides is 2. The van der Waals surface area contributed by atoms with Crippen LogP contribution in [-0.4, -0.2) is 49.3 Å². The highest BCUT2D eigenvalue weighted by Gasteiger charge is 2.18. The second-order valence-electron chi connectivity index (χ2n) is 9.80. The molecule has 2 amide bonds. The summed E-state index contributed by atoms with van der Waals surface area (Å²) in [5, 5.41) is 23.8. The van der Waals surface area contributed by atoms with Crippen molar-refractivity contribution in [3.8, 4) is 21.7 Å². The molecule has 0 saturated heterocycles. The Morgan fingerprint density at radius 2 is 1.85 bits per heavy atom. The highest BCUT2D eigenvalue weighted by molar-refractivity contribution is 7.13. The van der Waals surface area contributed by atoms with Crippen molar-refractivity contribution < 1.29 is 14.7 Å². The lowest BCUT2D eigenvalue weighted by Crippen LogP contribution is -2.21. The van der Waals surface area contributed by atoms with Gasteiger partial charge in [-0.15, -0.1) is 11.3 Å². The SMILES string of the molecule is CNC(=O)c1cccc(-c2cc3nn(CCC(C)(C)O)cc3cc2NC(=O)c2csc(-c3ccncc3)n2)c1. The van der Waals surface area contributed by atoms with E-state index in [4.69, 9.17) is 0 Å². The topological polar surface area (TPSA) is 122 Å². The molecule has 10 heteroatoms. The fourth-order valence-electron chi connectivity index (χ4n) is 4.13. The summed E-state index contributed by atoms with van der Waals surface area (Å²) < 4.78 is 1.79. The molecule has 0 atom stereocenters. The van der Waals surface area contributed by atoms with E-state index >= 15 is 0 Å². The Labute approximate surface area is 229 Å². The lowest BCUT2D eigenvalue weighted by molar-refractivity contribution is 0.0651. The summed E-state index contributed by atoms with van der Waals surface area (Å²) in [6, 6.07) is 14.7. The number of aromatic nitrogens is 4. The number of carbonyl (C=O) groups excluding carboxylic acids is 2. The maximum absolute atomic E-state index is 13.3. The van der Waals surface area contributed by atoms with Crippen LogP contribution in [0.3, 0.4) is 0 Å². The van der Waals surface area contributed by atoms with Gasteiger partial charge in [0.25, 0.3) is 11.8 Å². The van der Waals surface area contributed by atoms with Gasteiger partial charge >= 0.3 is 0 Å². The summed E-state index contributed by atoms with van der Waals surface area (Å²) in [7, 11) is 1.58. The van der Waals surface area contributed by atoms with Crippen molar-refractivity contribution in [2.45, 2.75) is 32.4 Å². The van der Waals surface area contributed by atoms with Crippen LogP contribution in [0.4, 0.5) is 5.69 Å². The smallest absolute Gasteiger partial charge is 0.275 e. The van der Waals surface area contributed by atoms with E-state index in [1.165, 1.54) is 11.3 Å². The van der Waals surface area contributed by atoms with E-state index < -0.39 is 5.60 Å². The predicted octanol–water partition coefficient (Wildman–Crippen LogP) is 4.99. The number of fused-ring (bicyclic) bond motifs is 1. The molecule has 3 aromatic heterocycles. The molecule has 2 aromatic carbocycles. The first-order chi connectivity index (χ1) is 18.7. The number of hydrogen-bond donors (Lipinski definition) is 3. The second kappa shape index (κ2) is 10.8. The van der Waals surface area contributed by atoms with Gasteiger partial charge in [0, 0.05) is 65.3 Å². The van der Waals surface area contributed by atoms with E-state index in [9.17, 15) is 14.7 Å². The van der Waals surface area contributed by atoms with Crippen LogP contribution in [0.5, 0.6) is 0 Å². The molecule has 0 bridgehead atoms. The number of nitrogens with zero attached hydrogens (tertiary/aromatic N) is 4. The Hall–Kier alpha value is -4.41. The number of carbonyl (C=O) groups is 2. The highest BCUT2D eigenvalue weighted by atomic mass is 32.1. The first-order valence-electron chi connectivity index (χ1n) is 12.4. The van der Waals surface area contributed by atoms with Crippen molar-refractivity contribution in [1.82, 2.24) is 25.1 Å². The Morgan fingerprint density at radius 3 is 2.59 bits per heavy atom. The molecule has 39 heavy (non-hydrogen) atoms. The Morgan fingerprint density at radius 1 is 1.05 bits per heavy atom. The molecule has 9 nitrogen and oxygen atoms in total. The van der Waals surface area contributed by atoms with Gasteiger partial charge in [-0.05, 0) is 62.2 Å². The zero-order valence-electron chi connectivity index (χ0n) is 21.8. The number of thiazole rings is 1. The average molecular weight is 541 g/mol. The van der Waals surface area contributed by atoms with Crippen LogP contribution >= 0.6 is 11.3 Å². The number of aliphatic hydroxyl groups is 1. The summed E-state index contributed by atoms with van der Waals surface area (Å²) in [6.07, 6.45) is 5.81. The number of aryl methyl sites for hydroxylation is 1. The summed E-state index contributed by atoms with van der Waals surface area (Å²) >= 11 is 1.39. The van der Waals surface area contributed by atoms with Gasteiger partial charge in [0.05, 0.1) is 11.1 Å². The summed E-state index contributed by atoms with van der Waals surface area (Å²) in [4.78, 5) is 34.2.